The zero-order valence-corrected chi connectivity index (χ0v) is 20.2. The Bertz CT molecular complexity index is 1170. The van der Waals surface area contributed by atoms with Gasteiger partial charge in [-0.3, -0.25) is 4.79 Å². The number of nitrogens with zero attached hydrogens (tertiary/aromatic N) is 5. The average Bonchev–Trinajstić information content (AvgIpc) is 3.05. The number of hydrogen-bond acceptors (Lipinski definition) is 7. The van der Waals surface area contributed by atoms with Crippen LogP contribution >= 0.6 is 11.8 Å². The number of hydrogen-bond donors (Lipinski definition) is 1. The van der Waals surface area contributed by atoms with Gasteiger partial charge in [0.05, 0.1) is 16.7 Å². The van der Waals surface area contributed by atoms with E-state index < -0.39 is 22.9 Å². The predicted molar refractivity (Wildman–Crippen MR) is 127 cm³/mol. The van der Waals surface area contributed by atoms with Crippen molar-refractivity contribution in [1.82, 2.24) is 9.88 Å². The highest BCUT2D eigenvalue weighted by Gasteiger charge is 2.32. The van der Waals surface area contributed by atoms with Crippen LogP contribution in [0.2, 0.25) is 0 Å². The van der Waals surface area contributed by atoms with E-state index in [1.807, 2.05) is 18.9 Å². The van der Waals surface area contributed by atoms with Crippen LogP contribution in [0.4, 0.5) is 19.0 Å². The maximum Gasteiger partial charge on any atom is 0.416 e. The summed E-state index contributed by atoms with van der Waals surface area (Å²) in [6.45, 7) is 4.80. The molecule has 3 rings (SSSR count). The van der Waals surface area contributed by atoms with Crippen molar-refractivity contribution in [3.63, 3.8) is 0 Å². The van der Waals surface area contributed by atoms with Crippen LogP contribution in [0.25, 0.3) is 0 Å². The van der Waals surface area contributed by atoms with Gasteiger partial charge in [0.1, 0.15) is 28.2 Å². The Balaban J connectivity index is 2.09. The van der Waals surface area contributed by atoms with E-state index >= 15 is 0 Å². The summed E-state index contributed by atoms with van der Waals surface area (Å²) in [5, 5.41) is 19.0. The largest absolute Gasteiger partial charge is 0.416 e. The van der Waals surface area contributed by atoms with Crippen LogP contribution in [-0.2, 0) is 17.4 Å². The average molecular weight is 503 g/mol. The molecule has 1 aliphatic rings. The number of primary amides is 1. The Morgan fingerprint density at radius 1 is 1.14 bits per heavy atom. The van der Waals surface area contributed by atoms with Crippen LogP contribution in [0.1, 0.15) is 46.4 Å². The third-order valence-corrected chi connectivity index (χ3v) is 7.13. The molecule has 1 saturated heterocycles. The van der Waals surface area contributed by atoms with Crippen molar-refractivity contribution in [1.29, 1.82) is 10.5 Å². The molecule has 1 amide bonds. The van der Waals surface area contributed by atoms with Gasteiger partial charge in [0.2, 0.25) is 5.91 Å². The number of carbonyl (C=O) groups is 1. The molecule has 1 atom stereocenters. The van der Waals surface area contributed by atoms with Crippen LogP contribution in [0.5, 0.6) is 0 Å². The molecule has 1 aromatic heterocycles. The zero-order chi connectivity index (χ0) is 25.8. The molecular formula is C24H25F3N6OS. The second kappa shape index (κ2) is 11.0. The fourth-order valence-electron chi connectivity index (χ4n) is 4.00. The number of alkyl halides is 3. The van der Waals surface area contributed by atoms with E-state index in [2.05, 4.69) is 22.0 Å². The first-order chi connectivity index (χ1) is 16.6. The Morgan fingerprint density at radius 3 is 2.34 bits per heavy atom. The van der Waals surface area contributed by atoms with Gasteiger partial charge in [0.25, 0.3) is 0 Å². The van der Waals surface area contributed by atoms with Gasteiger partial charge in [-0.25, -0.2) is 4.98 Å². The molecule has 2 N–H and O–H groups in total. The fourth-order valence-corrected chi connectivity index (χ4v) is 5.06. The number of carbonyl (C=O) groups excluding carboxylic acids is 1. The van der Waals surface area contributed by atoms with E-state index in [-0.39, 0.29) is 16.2 Å². The van der Waals surface area contributed by atoms with Gasteiger partial charge in [-0.15, -0.1) is 0 Å². The lowest BCUT2D eigenvalue weighted by molar-refractivity contribution is -0.137. The van der Waals surface area contributed by atoms with Gasteiger partial charge in [-0.2, -0.15) is 23.7 Å². The molecular weight excluding hydrogens is 477 g/mol. The molecule has 2 aromatic rings. The predicted octanol–water partition coefficient (Wildman–Crippen LogP) is 3.87. The van der Waals surface area contributed by atoms with Gasteiger partial charge in [0.15, 0.2) is 0 Å². The first-order valence-corrected chi connectivity index (χ1v) is 11.9. The number of pyridine rings is 1. The Labute approximate surface area is 206 Å². The number of benzene rings is 1. The van der Waals surface area contributed by atoms with E-state index in [1.54, 1.807) is 0 Å². The van der Waals surface area contributed by atoms with Gasteiger partial charge < -0.3 is 15.5 Å². The highest BCUT2D eigenvalue weighted by molar-refractivity contribution is 8.00. The van der Waals surface area contributed by atoms with Crippen molar-refractivity contribution in [3.8, 4) is 12.1 Å². The van der Waals surface area contributed by atoms with Crippen molar-refractivity contribution >= 4 is 23.5 Å². The number of aromatic nitrogens is 1. The first kappa shape index (κ1) is 26.3. The second-order valence-corrected chi connectivity index (χ2v) is 9.30. The molecule has 0 radical (unpaired) electrons. The summed E-state index contributed by atoms with van der Waals surface area (Å²) in [4.78, 5) is 21.2. The lowest BCUT2D eigenvalue weighted by Crippen LogP contribution is -2.30. The Morgan fingerprint density at radius 2 is 1.80 bits per heavy atom. The smallest absolute Gasteiger partial charge is 0.368 e. The summed E-state index contributed by atoms with van der Waals surface area (Å²) >= 11 is 0.911. The topological polar surface area (TPSA) is 110 Å². The summed E-state index contributed by atoms with van der Waals surface area (Å²) in [5.41, 5.74) is 6.05. The molecule has 35 heavy (non-hydrogen) atoms. The molecule has 1 aliphatic heterocycles. The fraction of sp³-hybridized carbons (Fsp3) is 0.417. The van der Waals surface area contributed by atoms with Crippen LogP contribution in [-0.4, -0.2) is 49.0 Å². The van der Waals surface area contributed by atoms with E-state index in [9.17, 15) is 28.5 Å². The SMILES string of the molecule is CCc1c(C#N)c(SC(C(N)=O)c2ccc(C(F)(F)F)cc2)nc(N2CCCN(C)CC2)c1C#N. The minimum Gasteiger partial charge on any atom is -0.368 e. The standard InChI is InChI=1S/C24H25F3N6OS/c1-3-17-18(13-28)22(33-10-4-9-32(2)11-12-33)31-23(19(17)14-29)35-20(21(30)34)15-5-7-16(8-6-15)24(25,26)27/h5-8,20H,3-4,9-12H2,1-2H3,(H2,30,34). The molecule has 0 aliphatic carbocycles. The van der Waals surface area contributed by atoms with Gasteiger partial charge in [-0.05, 0) is 49.7 Å². The van der Waals surface area contributed by atoms with Gasteiger partial charge in [0, 0.05) is 19.6 Å². The maximum atomic E-state index is 13.0. The third-order valence-electron chi connectivity index (χ3n) is 5.87. The normalized spacial score (nSPS) is 15.7. The number of nitriles is 2. The quantitative estimate of drug-likeness (QED) is 0.597. The minimum absolute atomic E-state index is 0.169. The summed E-state index contributed by atoms with van der Waals surface area (Å²) in [6, 6.07) is 8.48. The number of halogens is 3. The molecule has 1 fully saturated rings. The molecule has 7 nitrogen and oxygen atoms in total. The van der Waals surface area contributed by atoms with Crippen molar-refractivity contribution in [3.05, 3.63) is 52.1 Å². The zero-order valence-electron chi connectivity index (χ0n) is 19.4. The van der Waals surface area contributed by atoms with Crippen LogP contribution in [0.15, 0.2) is 29.3 Å². The lowest BCUT2D eigenvalue weighted by atomic mass is 10.0. The highest BCUT2D eigenvalue weighted by atomic mass is 32.2. The van der Waals surface area contributed by atoms with E-state index in [0.717, 1.165) is 43.4 Å². The Hall–Kier alpha value is -3.28. The van der Waals surface area contributed by atoms with Crippen molar-refractivity contribution in [2.75, 3.05) is 38.1 Å². The number of anilines is 1. The van der Waals surface area contributed by atoms with Gasteiger partial charge in [-0.1, -0.05) is 30.8 Å². The number of rotatable bonds is 6. The highest BCUT2D eigenvalue weighted by Crippen LogP contribution is 2.40. The van der Waals surface area contributed by atoms with E-state index in [0.29, 0.717) is 36.5 Å². The number of nitrogens with two attached hydrogens (primary N) is 1. The Kier molecular flexibility index (Phi) is 8.26. The molecule has 1 unspecified atom stereocenters. The van der Waals surface area contributed by atoms with Crippen LogP contribution < -0.4 is 10.6 Å². The molecule has 2 heterocycles. The minimum atomic E-state index is -4.51. The summed E-state index contributed by atoms with van der Waals surface area (Å²) in [7, 11) is 2.02. The van der Waals surface area contributed by atoms with E-state index in [1.165, 1.54) is 12.1 Å². The second-order valence-electron chi connectivity index (χ2n) is 8.21. The third kappa shape index (κ3) is 5.87. The molecule has 0 bridgehead atoms. The first-order valence-electron chi connectivity index (χ1n) is 11.0. The van der Waals surface area contributed by atoms with Crippen LogP contribution in [0.3, 0.4) is 0 Å². The number of likely N-dealkylation sites (N-methyl/N-ethyl adjacent to an activating group) is 1. The maximum absolute atomic E-state index is 13.0. The summed E-state index contributed by atoms with van der Waals surface area (Å²) in [5.74, 6) is -0.336. The number of thioether (sulfide) groups is 1. The van der Waals surface area contributed by atoms with Crippen LogP contribution in [0, 0.1) is 22.7 Å². The van der Waals surface area contributed by atoms with Crippen molar-refractivity contribution in [2.24, 2.45) is 5.73 Å². The van der Waals surface area contributed by atoms with Crippen molar-refractivity contribution in [2.45, 2.75) is 36.2 Å². The summed E-state index contributed by atoms with van der Waals surface area (Å²) < 4.78 is 38.9. The van der Waals surface area contributed by atoms with E-state index in [4.69, 9.17) is 5.73 Å². The lowest BCUT2D eigenvalue weighted by Gasteiger charge is -2.25. The monoisotopic (exact) mass is 502 g/mol. The summed E-state index contributed by atoms with van der Waals surface area (Å²) in [6.07, 6.45) is -3.25. The molecule has 11 heteroatoms. The van der Waals surface area contributed by atoms with Gasteiger partial charge >= 0.3 is 6.18 Å². The number of amides is 1. The van der Waals surface area contributed by atoms with Crippen molar-refractivity contribution < 1.29 is 18.0 Å². The molecule has 1 aromatic carbocycles. The molecule has 0 spiro atoms. The molecule has 184 valence electrons. The molecule has 0 saturated carbocycles.